The van der Waals surface area contributed by atoms with Crippen LogP contribution in [0.4, 0.5) is 11.4 Å². The summed E-state index contributed by atoms with van der Waals surface area (Å²) in [6, 6.07) is 5.37. The maximum absolute atomic E-state index is 11.5. The quantitative estimate of drug-likeness (QED) is 0.276. The molecule has 0 bridgehead atoms. The number of rotatable bonds is 10. The maximum Gasteiger partial charge on any atom is 0.511 e. The average molecular weight is 359 g/mol. The van der Waals surface area contributed by atoms with Crippen molar-refractivity contribution in [2.45, 2.75) is 18.5 Å². The Morgan fingerprint density at radius 1 is 1.33 bits per heavy atom. The van der Waals surface area contributed by atoms with Crippen molar-refractivity contribution in [3.05, 3.63) is 34.4 Å². The predicted octanol–water partition coefficient (Wildman–Crippen LogP) is 1.68. The molecule has 0 amide bonds. The Hall–Kier alpha value is -2.58. The first-order valence-electron chi connectivity index (χ1n) is 6.80. The van der Waals surface area contributed by atoms with Crippen LogP contribution in [0.2, 0.25) is 0 Å². The molecule has 0 fully saturated rings. The van der Waals surface area contributed by atoms with E-state index < -0.39 is 42.9 Å². The number of aliphatic carboxylic acids is 2. The first-order chi connectivity index (χ1) is 11.2. The van der Waals surface area contributed by atoms with Gasteiger partial charge < -0.3 is 15.5 Å². The number of benzene rings is 1. The highest BCUT2D eigenvalue weighted by molar-refractivity contribution is 7.39. The van der Waals surface area contributed by atoms with Crippen LogP contribution in [0, 0.1) is 16.0 Å². The van der Waals surface area contributed by atoms with E-state index >= 15 is 0 Å². The lowest BCUT2D eigenvalue weighted by atomic mass is 9.99. The van der Waals surface area contributed by atoms with Crippen molar-refractivity contribution in [3.8, 4) is 0 Å². The van der Waals surface area contributed by atoms with Gasteiger partial charge in [-0.2, -0.15) is 4.89 Å². The van der Waals surface area contributed by atoms with Crippen LogP contribution in [0.3, 0.4) is 0 Å². The van der Waals surface area contributed by atoms with Crippen molar-refractivity contribution in [1.82, 2.24) is 0 Å². The van der Waals surface area contributed by atoms with Gasteiger partial charge in [-0.15, -0.1) is 0 Å². The van der Waals surface area contributed by atoms with Gasteiger partial charge in [-0.05, 0) is 17.1 Å². The summed E-state index contributed by atoms with van der Waals surface area (Å²) < 4.78 is 11.5. The van der Waals surface area contributed by atoms with Crippen molar-refractivity contribution >= 4 is 31.3 Å². The fourth-order valence-corrected chi connectivity index (χ4v) is 2.92. The normalized spacial score (nSPS) is 13.6. The second-order valence-electron chi connectivity index (χ2n) is 4.94. The third kappa shape index (κ3) is 5.90. The number of carbonyl (C=O) groups is 2. The van der Waals surface area contributed by atoms with E-state index in [0.717, 1.165) is 0 Å². The van der Waals surface area contributed by atoms with Gasteiger partial charge in [0, 0.05) is 24.2 Å². The monoisotopic (exact) mass is 359 g/mol. The molecule has 3 atom stereocenters. The number of nitro benzene ring substituents is 1. The summed E-state index contributed by atoms with van der Waals surface area (Å²) >= 11 is 0. The molecular formula is C13H16N2O8P+. The van der Waals surface area contributed by atoms with E-state index in [9.17, 15) is 29.2 Å². The van der Waals surface area contributed by atoms with Gasteiger partial charge in [0.15, 0.2) is 0 Å². The molecule has 1 aromatic carbocycles. The Morgan fingerprint density at radius 2 is 2.00 bits per heavy atom. The van der Waals surface area contributed by atoms with Crippen LogP contribution in [0.25, 0.3) is 0 Å². The number of non-ortho nitro benzene ring substituents is 1. The van der Waals surface area contributed by atoms with Gasteiger partial charge in [0.2, 0.25) is 5.66 Å². The molecule has 0 saturated heterocycles. The SMILES string of the molecule is O=C(O)CCC(C(=O)O)C(CNc1cccc([N+](=O)[O-])c1)[P+](=O)O. The maximum atomic E-state index is 11.5. The lowest BCUT2D eigenvalue weighted by Crippen LogP contribution is -2.32. The van der Waals surface area contributed by atoms with Crippen LogP contribution >= 0.6 is 8.03 Å². The number of hydrogen-bond acceptors (Lipinski definition) is 6. The Bertz CT molecular complexity index is 651. The lowest BCUT2D eigenvalue weighted by Gasteiger charge is -2.15. The summed E-state index contributed by atoms with van der Waals surface area (Å²) in [6.45, 7) is -0.247. The lowest BCUT2D eigenvalue weighted by molar-refractivity contribution is -0.384. The molecule has 0 aliphatic rings. The molecule has 3 unspecified atom stereocenters. The van der Waals surface area contributed by atoms with Gasteiger partial charge in [0.05, 0.1) is 11.5 Å². The van der Waals surface area contributed by atoms with Gasteiger partial charge in [0.1, 0.15) is 5.92 Å². The smallest absolute Gasteiger partial charge is 0.481 e. The van der Waals surface area contributed by atoms with E-state index in [1.165, 1.54) is 24.3 Å². The largest absolute Gasteiger partial charge is 0.511 e. The van der Waals surface area contributed by atoms with E-state index in [0.29, 0.717) is 0 Å². The molecule has 0 aromatic heterocycles. The number of nitrogens with zero attached hydrogens (tertiary/aromatic N) is 1. The van der Waals surface area contributed by atoms with Gasteiger partial charge >= 0.3 is 20.0 Å². The minimum absolute atomic E-state index is 0.189. The summed E-state index contributed by atoms with van der Waals surface area (Å²) in [7, 11) is -2.90. The summed E-state index contributed by atoms with van der Waals surface area (Å²) in [5.41, 5.74) is -1.14. The van der Waals surface area contributed by atoms with Crippen LogP contribution in [-0.4, -0.2) is 44.2 Å². The third-order valence-corrected chi connectivity index (χ3v) is 4.42. The summed E-state index contributed by atoms with van der Waals surface area (Å²) in [5, 5.41) is 31.2. The molecule has 0 aliphatic heterocycles. The third-order valence-electron chi connectivity index (χ3n) is 3.31. The standard InChI is InChI=1S/C13H15N2O8P/c16-12(17)5-4-10(13(18)19)11(24(22)23)7-14-8-2-1-3-9(6-8)15(20)21/h1-3,6,10-11,14H,4-5,7H2,(H2-,16,17,18,19,22,23)/p+1. The van der Waals surface area contributed by atoms with Gasteiger partial charge in [0.25, 0.3) is 5.69 Å². The van der Waals surface area contributed by atoms with Gasteiger partial charge in [-0.1, -0.05) is 6.07 Å². The predicted molar refractivity (Wildman–Crippen MR) is 83.2 cm³/mol. The molecule has 1 aromatic rings. The van der Waals surface area contributed by atoms with Crippen molar-refractivity contribution in [3.63, 3.8) is 0 Å². The van der Waals surface area contributed by atoms with Crippen LogP contribution in [-0.2, 0) is 14.2 Å². The molecule has 0 radical (unpaired) electrons. The first kappa shape index (κ1) is 19.5. The van der Waals surface area contributed by atoms with Crippen molar-refractivity contribution in [2.75, 3.05) is 11.9 Å². The number of carboxylic acids is 2. The van der Waals surface area contributed by atoms with Crippen LogP contribution in [0.1, 0.15) is 12.8 Å². The van der Waals surface area contributed by atoms with Gasteiger partial charge in [-0.25, -0.2) is 0 Å². The topological polar surface area (TPSA) is 167 Å². The van der Waals surface area contributed by atoms with Crippen molar-refractivity contribution in [2.24, 2.45) is 5.92 Å². The molecule has 0 heterocycles. The summed E-state index contributed by atoms with van der Waals surface area (Å²) in [5.74, 6) is -3.92. The van der Waals surface area contributed by atoms with Crippen LogP contribution in [0.15, 0.2) is 24.3 Å². The highest BCUT2D eigenvalue weighted by atomic mass is 31.1. The van der Waals surface area contributed by atoms with E-state index in [1.54, 1.807) is 0 Å². The molecule has 4 N–H and O–H groups in total. The number of nitrogens with one attached hydrogen (secondary N) is 1. The Morgan fingerprint density at radius 3 is 2.50 bits per heavy atom. The Balaban J connectivity index is 2.86. The van der Waals surface area contributed by atoms with Crippen molar-refractivity contribution < 1.29 is 34.2 Å². The average Bonchev–Trinajstić information content (AvgIpc) is 2.49. The molecule has 0 saturated carbocycles. The van der Waals surface area contributed by atoms with Crippen LogP contribution in [0.5, 0.6) is 0 Å². The first-order valence-corrected chi connectivity index (χ1v) is 8.08. The highest BCUT2D eigenvalue weighted by Gasteiger charge is 2.42. The molecule has 11 heteroatoms. The van der Waals surface area contributed by atoms with E-state index in [-0.39, 0.29) is 24.3 Å². The minimum atomic E-state index is -2.90. The number of nitro groups is 1. The van der Waals surface area contributed by atoms with Crippen LogP contribution < -0.4 is 5.32 Å². The fourth-order valence-electron chi connectivity index (χ4n) is 2.09. The summed E-state index contributed by atoms with van der Waals surface area (Å²) in [6.07, 6.45) is -0.749. The highest BCUT2D eigenvalue weighted by Crippen LogP contribution is 2.32. The second-order valence-corrected chi connectivity index (χ2v) is 6.20. The van der Waals surface area contributed by atoms with E-state index in [1.807, 2.05) is 0 Å². The minimum Gasteiger partial charge on any atom is -0.481 e. The number of hydrogen-bond donors (Lipinski definition) is 4. The number of carboxylic acid groups (broad SMARTS) is 2. The number of anilines is 1. The van der Waals surface area contributed by atoms with Crippen molar-refractivity contribution in [1.29, 1.82) is 0 Å². The van der Waals surface area contributed by atoms with E-state index in [4.69, 9.17) is 10.2 Å². The van der Waals surface area contributed by atoms with Gasteiger partial charge in [-0.3, -0.25) is 19.7 Å². The molecule has 0 spiro atoms. The zero-order chi connectivity index (χ0) is 18.3. The Labute approximate surface area is 137 Å². The fraction of sp³-hybridized carbons (Fsp3) is 0.385. The molecule has 0 aliphatic carbocycles. The zero-order valence-corrected chi connectivity index (χ0v) is 13.3. The molecular weight excluding hydrogens is 343 g/mol. The second kappa shape index (κ2) is 8.90. The molecule has 24 heavy (non-hydrogen) atoms. The molecule has 1 rings (SSSR count). The Kier molecular flexibility index (Phi) is 7.22. The molecule has 10 nitrogen and oxygen atoms in total. The summed E-state index contributed by atoms with van der Waals surface area (Å²) in [4.78, 5) is 41.3. The van der Waals surface area contributed by atoms with E-state index in [2.05, 4.69) is 5.32 Å². The molecule has 130 valence electrons. The zero-order valence-electron chi connectivity index (χ0n) is 12.4.